The molecule has 3 nitrogen and oxygen atoms in total. The molecule has 2 N–H and O–H groups in total. The molecule has 1 unspecified atom stereocenters. The summed E-state index contributed by atoms with van der Waals surface area (Å²) in [6, 6.07) is 0. The molecule has 18 heavy (non-hydrogen) atoms. The number of hydrogen-bond acceptors (Lipinski definition) is 3. The van der Waals surface area contributed by atoms with Crippen molar-refractivity contribution in [2.24, 2.45) is 11.7 Å². The van der Waals surface area contributed by atoms with E-state index in [2.05, 4.69) is 0 Å². The van der Waals surface area contributed by atoms with E-state index in [0.717, 1.165) is 51.6 Å². The Morgan fingerprint density at radius 2 is 1.78 bits per heavy atom. The van der Waals surface area contributed by atoms with E-state index in [9.17, 15) is 4.79 Å². The molecule has 1 atom stereocenters. The third-order valence-corrected chi connectivity index (χ3v) is 5.37. The maximum absolute atomic E-state index is 12.5. The molecule has 2 aliphatic carbocycles. The average molecular weight is 251 g/mol. The molecule has 1 spiro atoms. The number of Topliss-reactive ketones (excluding diaryl/α,β-unsaturated/α-hetero) is 1. The normalized spacial score (nSPS) is 33.9. The number of carbonyl (C=O) groups is 1. The number of nitrogens with two attached hydrogens (primary N) is 1. The predicted molar refractivity (Wildman–Crippen MR) is 70.3 cm³/mol. The molecule has 0 aromatic heterocycles. The molecule has 1 saturated heterocycles. The fraction of sp³-hybridized carbons (Fsp3) is 0.933. The van der Waals surface area contributed by atoms with Crippen molar-refractivity contribution < 1.29 is 9.53 Å². The SMILES string of the molecule is NC1(C(=O)C2CCOC3(CCCCC3)C2)CCC1. The highest BCUT2D eigenvalue weighted by atomic mass is 16.5. The quantitative estimate of drug-likeness (QED) is 0.820. The Hall–Kier alpha value is -0.410. The van der Waals surface area contributed by atoms with Crippen LogP contribution in [0.3, 0.4) is 0 Å². The molecule has 3 fully saturated rings. The van der Waals surface area contributed by atoms with E-state index < -0.39 is 5.54 Å². The summed E-state index contributed by atoms with van der Waals surface area (Å²) in [6.45, 7) is 0.756. The number of rotatable bonds is 2. The van der Waals surface area contributed by atoms with Gasteiger partial charge in [0.25, 0.3) is 0 Å². The van der Waals surface area contributed by atoms with Crippen LogP contribution in [0.15, 0.2) is 0 Å². The Bertz CT molecular complexity index is 324. The van der Waals surface area contributed by atoms with E-state index in [1.54, 1.807) is 0 Å². The Balaban J connectivity index is 1.68. The minimum Gasteiger partial charge on any atom is -0.375 e. The lowest BCUT2D eigenvalue weighted by atomic mass is 9.66. The van der Waals surface area contributed by atoms with Crippen LogP contribution in [0, 0.1) is 5.92 Å². The van der Waals surface area contributed by atoms with Crippen molar-refractivity contribution >= 4 is 5.78 Å². The van der Waals surface area contributed by atoms with Gasteiger partial charge in [0.05, 0.1) is 11.1 Å². The van der Waals surface area contributed by atoms with Crippen LogP contribution in [0.2, 0.25) is 0 Å². The van der Waals surface area contributed by atoms with E-state index >= 15 is 0 Å². The van der Waals surface area contributed by atoms with Gasteiger partial charge in [0.15, 0.2) is 5.78 Å². The zero-order valence-electron chi connectivity index (χ0n) is 11.2. The molecule has 0 bridgehead atoms. The van der Waals surface area contributed by atoms with Crippen LogP contribution >= 0.6 is 0 Å². The maximum atomic E-state index is 12.5. The van der Waals surface area contributed by atoms with Crippen molar-refractivity contribution in [3.8, 4) is 0 Å². The van der Waals surface area contributed by atoms with Gasteiger partial charge in [-0.05, 0) is 44.9 Å². The summed E-state index contributed by atoms with van der Waals surface area (Å²) in [5.74, 6) is 0.504. The molecular formula is C15H25NO2. The van der Waals surface area contributed by atoms with Crippen molar-refractivity contribution in [1.82, 2.24) is 0 Å². The molecule has 0 aromatic rings. The van der Waals surface area contributed by atoms with Crippen LogP contribution in [-0.4, -0.2) is 23.5 Å². The van der Waals surface area contributed by atoms with Crippen LogP contribution in [0.5, 0.6) is 0 Å². The molecule has 3 aliphatic rings. The molecule has 0 amide bonds. The molecule has 3 heteroatoms. The van der Waals surface area contributed by atoms with E-state index in [1.165, 1.54) is 19.3 Å². The molecule has 0 aromatic carbocycles. The lowest BCUT2D eigenvalue weighted by Gasteiger charge is -2.46. The smallest absolute Gasteiger partial charge is 0.155 e. The molecule has 0 radical (unpaired) electrons. The first-order valence-electron chi connectivity index (χ1n) is 7.61. The number of hydrogen-bond donors (Lipinski definition) is 1. The largest absolute Gasteiger partial charge is 0.375 e. The second-order valence-corrected chi connectivity index (χ2v) is 6.66. The predicted octanol–water partition coefficient (Wildman–Crippen LogP) is 2.57. The topological polar surface area (TPSA) is 52.3 Å². The average Bonchev–Trinajstić information content (AvgIpc) is 2.36. The molecule has 3 rings (SSSR count). The summed E-state index contributed by atoms with van der Waals surface area (Å²) in [4.78, 5) is 12.5. The highest BCUT2D eigenvalue weighted by molar-refractivity contribution is 5.91. The number of ether oxygens (including phenoxy) is 1. The summed E-state index contributed by atoms with van der Waals surface area (Å²) in [5, 5.41) is 0. The van der Waals surface area contributed by atoms with Crippen LogP contribution < -0.4 is 5.73 Å². The minimum absolute atomic E-state index is 0.0247. The van der Waals surface area contributed by atoms with Gasteiger partial charge in [0.2, 0.25) is 0 Å². The van der Waals surface area contributed by atoms with Crippen molar-refractivity contribution in [2.75, 3.05) is 6.61 Å². The van der Waals surface area contributed by atoms with Gasteiger partial charge in [-0.1, -0.05) is 19.3 Å². The third kappa shape index (κ3) is 2.12. The van der Waals surface area contributed by atoms with Gasteiger partial charge >= 0.3 is 0 Å². The van der Waals surface area contributed by atoms with Crippen molar-refractivity contribution in [2.45, 2.75) is 75.3 Å². The first kappa shape index (κ1) is 12.6. The van der Waals surface area contributed by atoms with Gasteiger partial charge in [0, 0.05) is 12.5 Å². The molecular weight excluding hydrogens is 226 g/mol. The van der Waals surface area contributed by atoms with Crippen molar-refractivity contribution in [3.05, 3.63) is 0 Å². The fourth-order valence-corrected chi connectivity index (χ4v) is 4.01. The van der Waals surface area contributed by atoms with Crippen molar-refractivity contribution in [3.63, 3.8) is 0 Å². The summed E-state index contributed by atoms with van der Waals surface area (Å²) in [7, 11) is 0. The van der Waals surface area contributed by atoms with Gasteiger partial charge in [-0.3, -0.25) is 4.79 Å². The van der Waals surface area contributed by atoms with Crippen LogP contribution in [0.4, 0.5) is 0 Å². The van der Waals surface area contributed by atoms with Gasteiger partial charge < -0.3 is 10.5 Å². The van der Waals surface area contributed by atoms with Gasteiger partial charge in [-0.25, -0.2) is 0 Å². The monoisotopic (exact) mass is 251 g/mol. The molecule has 1 heterocycles. The summed E-state index contributed by atoms with van der Waals surface area (Å²) in [6.07, 6.45) is 10.9. The van der Waals surface area contributed by atoms with E-state index in [-0.39, 0.29) is 11.5 Å². The first-order valence-corrected chi connectivity index (χ1v) is 7.61. The second kappa shape index (κ2) is 4.61. The van der Waals surface area contributed by atoms with Crippen molar-refractivity contribution in [1.29, 1.82) is 0 Å². The van der Waals surface area contributed by atoms with Gasteiger partial charge in [-0.2, -0.15) is 0 Å². The van der Waals surface area contributed by atoms with E-state index in [0.29, 0.717) is 5.78 Å². The van der Waals surface area contributed by atoms with Crippen LogP contribution in [-0.2, 0) is 9.53 Å². The minimum atomic E-state index is -0.474. The Labute approximate surface area is 109 Å². The fourth-order valence-electron chi connectivity index (χ4n) is 4.01. The Morgan fingerprint density at radius 3 is 2.39 bits per heavy atom. The highest BCUT2D eigenvalue weighted by Gasteiger charge is 2.47. The van der Waals surface area contributed by atoms with Crippen LogP contribution in [0.25, 0.3) is 0 Å². The van der Waals surface area contributed by atoms with Crippen LogP contribution in [0.1, 0.15) is 64.2 Å². The molecule has 2 saturated carbocycles. The summed E-state index contributed by atoms with van der Waals surface area (Å²) < 4.78 is 6.06. The molecule has 1 aliphatic heterocycles. The highest BCUT2D eigenvalue weighted by Crippen LogP contribution is 2.43. The van der Waals surface area contributed by atoms with E-state index in [4.69, 9.17) is 10.5 Å². The number of carbonyl (C=O) groups excluding carboxylic acids is 1. The Morgan fingerprint density at radius 1 is 1.06 bits per heavy atom. The van der Waals surface area contributed by atoms with Gasteiger partial charge in [-0.15, -0.1) is 0 Å². The second-order valence-electron chi connectivity index (χ2n) is 6.66. The lowest BCUT2D eigenvalue weighted by molar-refractivity contribution is -0.149. The Kier molecular flexibility index (Phi) is 3.23. The maximum Gasteiger partial charge on any atom is 0.155 e. The first-order chi connectivity index (χ1) is 8.64. The summed E-state index contributed by atoms with van der Waals surface area (Å²) >= 11 is 0. The summed E-state index contributed by atoms with van der Waals surface area (Å²) in [5.41, 5.74) is 5.76. The zero-order valence-corrected chi connectivity index (χ0v) is 11.2. The van der Waals surface area contributed by atoms with E-state index in [1.807, 2.05) is 0 Å². The third-order valence-electron chi connectivity index (χ3n) is 5.37. The molecule has 102 valence electrons. The lowest BCUT2D eigenvalue weighted by Crippen LogP contribution is -2.58. The van der Waals surface area contributed by atoms with Gasteiger partial charge in [0.1, 0.15) is 0 Å². The standard InChI is InChI=1S/C15H25NO2/c16-15(8-4-9-15)13(17)12-5-10-18-14(11-12)6-2-1-3-7-14/h12H,1-11,16H2. The zero-order chi connectivity index (χ0) is 12.6. The number of ketones is 1.